The second kappa shape index (κ2) is 6.70. The molecule has 1 unspecified atom stereocenters. The number of nitrogens with zero attached hydrogens (tertiary/aromatic N) is 2. The number of anilines is 1. The number of nitrogens with one attached hydrogen (secondary N) is 1. The Labute approximate surface area is 165 Å². The maximum atomic E-state index is 12.6. The van der Waals surface area contributed by atoms with Gasteiger partial charge in [0.05, 0.1) is 22.5 Å². The van der Waals surface area contributed by atoms with Crippen molar-refractivity contribution in [2.75, 3.05) is 11.1 Å². The summed E-state index contributed by atoms with van der Waals surface area (Å²) in [5.41, 5.74) is 9.72. The first kappa shape index (κ1) is 19.1. The quantitative estimate of drug-likeness (QED) is 0.818. The van der Waals surface area contributed by atoms with Crippen molar-refractivity contribution in [2.24, 2.45) is 11.7 Å². The van der Waals surface area contributed by atoms with Gasteiger partial charge in [0.15, 0.2) is 9.84 Å². The highest BCUT2D eigenvalue weighted by Gasteiger charge is 2.57. The summed E-state index contributed by atoms with van der Waals surface area (Å²) in [6.45, 7) is 3.97. The van der Waals surface area contributed by atoms with Crippen LogP contribution in [0.1, 0.15) is 37.1 Å². The molecule has 2 aromatic rings. The van der Waals surface area contributed by atoms with Crippen LogP contribution in [0.15, 0.2) is 30.6 Å². The highest BCUT2D eigenvalue weighted by atomic mass is 32.2. The van der Waals surface area contributed by atoms with Crippen LogP contribution in [0.2, 0.25) is 0 Å². The van der Waals surface area contributed by atoms with Crippen molar-refractivity contribution >= 4 is 21.4 Å². The zero-order valence-electron chi connectivity index (χ0n) is 16.2. The van der Waals surface area contributed by atoms with E-state index in [1.807, 2.05) is 42.7 Å². The van der Waals surface area contributed by atoms with E-state index in [1.54, 1.807) is 6.33 Å². The van der Waals surface area contributed by atoms with E-state index in [0.29, 0.717) is 31.4 Å². The van der Waals surface area contributed by atoms with Crippen molar-refractivity contribution < 1.29 is 13.2 Å². The number of benzene rings is 1. The number of carbonyl (C=O) groups is 1. The van der Waals surface area contributed by atoms with E-state index in [-0.39, 0.29) is 23.6 Å². The highest BCUT2D eigenvalue weighted by molar-refractivity contribution is 7.92. The largest absolute Gasteiger partial charge is 0.328 e. The summed E-state index contributed by atoms with van der Waals surface area (Å²) >= 11 is 0. The summed E-state index contributed by atoms with van der Waals surface area (Å²) in [7, 11) is -3.17. The molecule has 0 bridgehead atoms. The monoisotopic (exact) mass is 402 g/mol. The highest BCUT2D eigenvalue weighted by Crippen LogP contribution is 2.50. The lowest BCUT2D eigenvalue weighted by Crippen LogP contribution is -2.59. The first-order chi connectivity index (χ1) is 13.2. The third-order valence-corrected chi connectivity index (χ3v) is 8.92. The summed E-state index contributed by atoms with van der Waals surface area (Å²) in [6, 6.07) is 7.47. The summed E-state index contributed by atoms with van der Waals surface area (Å²) in [4.78, 5) is 16.9. The van der Waals surface area contributed by atoms with Crippen molar-refractivity contribution in [1.29, 1.82) is 0 Å². The zero-order valence-corrected chi connectivity index (χ0v) is 17.0. The third kappa shape index (κ3) is 3.14. The SMILES string of the molecule is Cc1ncn(-c2ccc(NC(=O)C3CC4(CC(N)CCS4(=O)=O)C3)cc2)c1C. The van der Waals surface area contributed by atoms with Gasteiger partial charge in [0.25, 0.3) is 0 Å². The van der Waals surface area contributed by atoms with Crippen LogP contribution in [0, 0.1) is 19.8 Å². The zero-order chi connectivity index (χ0) is 20.1. The maximum absolute atomic E-state index is 12.6. The lowest BCUT2D eigenvalue weighted by Gasteiger charge is -2.49. The van der Waals surface area contributed by atoms with Gasteiger partial charge in [-0.05, 0) is 63.8 Å². The Kier molecular flexibility index (Phi) is 4.58. The molecule has 28 heavy (non-hydrogen) atoms. The first-order valence-electron chi connectivity index (χ1n) is 9.60. The Bertz CT molecular complexity index is 1000. The summed E-state index contributed by atoms with van der Waals surface area (Å²) in [5.74, 6) is -0.266. The second-order valence-electron chi connectivity index (χ2n) is 8.18. The number of aryl methyl sites for hydroxylation is 1. The fourth-order valence-electron chi connectivity index (χ4n) is 4.38. The predicted octanol–water partition coefficient (Wildman–Crippen LogP) is 2.11. The third-order valence-electron chi connectivity index (χ3n) is 6.32. The van der Waals surface area contributed by atoms with Gasteiger partial charge < -0.3 is 15.6 Å². The molecule has 1 aliphatic carbocycles. The molecular formula is C20H26N4O3S. The Balaban J connectivity index is 1.41. The number of hydrogen-bond donors (Lipinski definition) is 2. The normalized spacial score (nSPS) is 28.7. The van der Waals surface area contributed by atoms with Crippen molar-refractivity contribution in [1.82, 2.24) is 9.55 Å². The van der Waals surface area contributed by atoms with E-state index in [1.165, 1.54) is 0 Å². The van der Waals surface area contributed by atoms with Crippen LogP contribution < -0.4 is 11.1 Å². The number of sulfone groups is 1. The van der Waals surface area contributed by atoms with Gasteiger partial charge in [-0.2, -0.15) is 0 Å². The summed E-state index contributed by atoms with van der Waals surface area (Å²) in [5, 5.41) is 2.91. The molecule has 1 aromatic heterocycles. The number of aromatic nitrogens is 2. The predicted molar refractivity (Wildman–Crippen MR) is 108 cm³/mol. The first-order valence-corrected chi connectivity index (χ1v) is 11.3. The molecule has 1 amide bonds. The van der Waals surface area contributed by atoms with E-state index >= 15 is 0 Å². The van der Waals surface area contributed by atoms with E-state index in [4.69, 9.17) is 5.73 Å². The molecule has 2 fully saturated rings. The van der Waals surface area contributed by atoms with Gasteiger partial charge in [-0.1, -0.05) is 0 Å². The van der Waals surface area contributed by atoms with Gasteiger partial charge in [0, 0.05) is 29.0 Å². The summed E-state index contributed by atoms with van der Waals surface area (Å²) in [6.07, 6.45) is 3.52. The lowest BCUT2D eigenvalue weighted by molar-refractivity contribution is -0.123. The van der Waals surface area contributed by atoms with Crippen molar-refractivity contribution in [2.45, 2.75) is 50.3 Å². The molecule has 1 atom stereocenters. The minimum atomic E-state index is -3.17. The minimum Gasteiger partial charge on any atom is -0.328 e. The van der Waals surface area contributed by atoms with Crippen molar-refractivity contribution in [3.05, 3.63) is 42.0 Å². The second-order valence-corrected chi connectivity index (χ2v) is 10.7. The molecule has 150 valence electrons. The number of rotatable bonds is 3. The fraction of sp³-hybridized carbons (Fsp3) is 0.500. The average molecular weight is 403 g/mol. The van der Waals surface area contributed by atoms with Gasteiger partial charge in [0.2, 0.25) is 5.91 Å². The molecule has 3 N–H and O–H groups in total. The molecule has 1 aliphatic heterocycles. The molecule has 4 rings (SSSR count). The van der Waals surface area contributed by atoms with Gasteiger partial charge in [-0.3, -0.25) is 4.79 Å². The van der Waals surface area contributed by atoms with Crippen LogP contribution in [0.4, 0.5) is 5.69 Å². The van der Waals surface area contributed by atoms with Crippen LogP contribution in [0.25, 0.3) is 5.69 Å². The molecule has 2 heterocycles. The fourth-order valence-corrected chi connectivity index (χ4v) is 6.81. The Morgan fingerprint density at radius 2 is 1.89 bits per heavy atom. The van der Waals surface area contributed by atoms with E-state index in [2.05, 4.69) is 10.3 Å². The van der Waals surface area contributed by atoms with Crippen LogP contribution in [-0.2, 0) is 14.6 Å². The topological polar surface area (TPSA) is 107 Å². The van der Waals surface area contributed by atoms with E-state index < -0.39 is 14.6 Å². The minimum absolute atomic E-state index is 0.0876. The van der Waals surface area contributed by atoms with Gasteiger partial charge in [-0.25, -0.2) is 13.4 Å². The number of carbonyl (C=O) groups excluding carboxylic acids is 1. The van der Waals surface area contributed by atoms with Gasteiger partial charge in [0.1, 0.15) is 0 Å². The smallest absolute Gasteiger partial charge is 0.227 e. The van der Waals surface area contributed by atoms with Gasteiger partial charge in [-0.15, -0.1) is 0 Å². The molecule has 1 spiro atoms. The van der Waals surface area contributed by atoms with Crippen LogP contribution in [0.5, 0.6) is 0 Å². The van der Waals surface area contributed by atoms with Crippen LogP contribution >= 0.6 is 0 Å². The van der Waals surface area contributed by atoms with Crippen molar-refractivity contribution in [3.63, 3.8) is 0 Å². The molecule has 1 aromatic carbocycles. The van der Waals surface area contributed by atoms with Crippen LogP contribution in [0.3, 0.4) is 0 Å². The molecule has 2 aliphatic rings. The Hall–Kier alpha value is -2.19. The van der Waals surface area contributed by atoms with Crippen LogP contribution in [-0.4, -0.2) is 40.4 Å². The molecular weight excluding hydrogens is 376 g/mol. The maximum Gasteiger partial charge on any atom is 0.227 e. The number of imidazole rings is 1. The van der Waals surface area contributed by atoms with Crippen molar-refractivity contribution in [3.8, 4) is 5.69 Å². The Morgan fingerprint density at radius 1 is 1.21 bits per heavy atom. The molecule has 1 saturated heterocycles. The van der Waals surface area contributed by atoms with E-state index in [9.17, 15) is 13.2 Å². The summed E-state index contributed by atoms with van der Waals surface area (Å²) < 4.78 is 26.1. The number of nitrogens with two attached hydrogens (primary N) is 1. The standard InChI is InChI=1S/C20H26N4O3S/c1-13-14(2)24(12-22-13)18-5-3-17(4-6-18)23-19(25)15-9-20(10-15)11-16(21)7-8-28(20,26)27/h3-6,12,15-16H,7-11,21H2,1-2H3,(H,23,25). The average Bonchev–Trinajstić information content (AvgIpc) is 2.95. The van der Waals surface area contributed by atoms with Gasteiger partial charge >= 0.3 is 0 Å². The lowest BCUT2D eigenvalue weighted by atomic mass is 9.70. The van der Waals surface area contributed by atoms with E-state index in [0.717, 1.165) is 17.1 Å². The molecule has 1 saturated carbocycles. The molecule has 0 radical (unpaired) electrons. The number of hydrogen-bond acceptors (Lipinski definition) is 5. The number of amides is 1. The molecule has 8 heteroatoms. The molecule has 7 nitrogen and oxygen atoms in total. The Morgan fingerprint density at radius 3 is 2.50 bits per heavy atom.